The van der Waals surface area contributed by atoms with Crippen molar-refractivity contribution in [1.29, 1.82) is 5.26 Å². The van der Waals surface area contributed by atoms with E-state index in [1.807, 2.05) is 29.6 Å². The normalized spacial score (nSPS) is 16.7. The fraction of sp³-hybridized carbons (Fsp3) is 0.357. The highest BCUT2D eigenvalue weighted by Crippen LogP contribution is 2.51. The molecule has 0 saturated carbocycles. The molecule has 0 unspecified atom stereocenters. The zero-order valence-corrected chi connectivity index (χ0v) is 11.8. The number of nitriles is 1. The van der Waals surface area contributed by atoms with Crippen LogP contribution in [0.25, 0.3) is 6.08 Å². The van der Waals surface area contributed by atoms with Crippen LogP contribution in [0.2, 0.25) is 0 Å². The number of thioether (sulfide) groups is 2. The summed E-state index contributed by atoms with van der Waals surface area (Å²) in [6, 6.07) is 2.10. The van der Waals surface area contributed by atoms with Crippen LogP contribution in [-0.2, 0) is 12.8 Å². The van der Waals surface area contributed by atoms with Gasteiger partial charge in [0.2, 0.25) is 0 Å². The molecule has 0 spiro atoms. The minimum absolute atomic E-state index is 1.07. The summed E-state index contributed by atoms with van der Waals surface area (Å²) in [7, 11) is 1.76. The third-order valence-corrected chi connectivity index (χ3v) is 5.59. The zero-order chi connectivity index (χ0) is 12.5. The maximum atomic E-state index is 8.75. The van der Waals surface area contributed by atoms with E-state index in [1.165, 1.54) is 26.5 Å². The molecule has 0 radical (unpaired) electrons. The Labute approximate surface area is 115 Å². The van der Waals surface area contributed by atoms with Crippen molar-refractivity contribution < 1.29 is 4.74 Å². The van der Waals surface area contributed by atoms with Gasteiger partial charge in [-0.3, -0.25) is 0 Å². The van der Waals surface area contributed by atoms with Crippen molar-refractivity contribution in [1.82, 2.24) is 0 Å². The molecule has 0 bridgehead atoms. The van der Waals surface area contributed by atoms with Gasteiger partial charge in [-0.05, 0) is 35.6 Å². The molecule has 2 aliphatic rings. The van der Waals surface area contributed by atoms with Gasteiger partial charge >= 0.3 is 0 Å². The second-order valence-electron chi connectivity index (χ2n) is 4.22. The van der Waals surface area contributed by atoms with Crippen molar-refractivity contribution in [3.05, 3.63) is 22.8 Å². The molecule has 0 saturated heterocycles. The largest absolute Gasteiger partial charge is 0.494 e. The van der Waals surface area contributed by atoms with E-state index < -0.39 is 0 Å². The first-order valence-corrected chi connectivity index (χ1v) is 7.91. The number of benzene rings is 1. The number of hydrogen-bond acceptors (Lipinski definition) is 4. The highest BCUT2D eigenvalue weighted by molar-refractivity contribution is 8.00. The zero-order valence-electron chi connectivity index (χ0n) is 10.2. The molecule has 2 aliphatic heterocycles. The summed E-state index contributed by atoms with van der Waals surface area (Å²) in [5, 5.41) is 8.75. The Hall–Kier alpha value is -1.05. The summed E-state index contributed by atoms with van der Waals surface area (Å²) in [5.74, 6) is 3.30. The minimum atomic E-state index is 1.07. The standard InChI is InChI=1S/C14H13NOS2/c1-16-12-13-10(4-7-17-13)9(3-2-6-15)11-5-8-18-14(11)12/h2-3H,4-5,7-8H2,1H3/b3-2+. The third kappa shape index (κ3) is 1.73. The lowest BCUT2D eigenvalue weighted by molar-refractivity contribution is 0.393. The average Bonchev–Trinajstić information content (AvgIpc) is 3.02. The Balaban J connectivity index is 2.27. The van der Waals surface area contributed by atoms with Crippen molar-refractivity contribution in [2.24, 2.45) is 0 Å². The molecule has 0 amide bonds. The van der Waals surface area contributed by atoms with E-state index in [2.05, 4.69) is 6.07 Å². The number of nitrogens with zero attached hydrogens (tertiary/aromatic N) is 1. The smallest absolute Gasteiger partial charge is 0.146 e. The van der Waals surface area contributed by atoms with E-state index in [0.717, 1.165) is 30.1 Å². The van der Waals surface area contributed by atoms with E-state index >= 15 is 0 Å². The topological polar surface area (TPSA) is 33.0 Å². The van der Waals surface area contributed by atoms with Gasteiger partial charge in [-0.1, -0.05) is 0 Å². The summed E-state index contributed by atoms with van der Waals surface area (Å²) in [4.78, 5) is 2.59. The molecule has 1 aromatic rings. The third-order valence-electron chi connectivity index (χ3n) is 3.34. The SMILES string of the molecule is COc1c2c(c(/C=C/C#N)c3c1SCC3)CCS2. The Morgan fingerprint density at radius 1 is 1.17 bits per heavy atom. The molecule has 0 N–H and O–H groups in total. The lowest BCUT2D eigenvalue weighted by Crippen LogP contribution is -1.98. The predicted molar refractivity (Wildman–Crippen MR) is 76.5 cm³/mol. The maximum absolute atomic E-state index is 8.75. The van der Waals surface area contributed by atoms with Crippen LogP contribution in [0.4, 0.5) is 0 Å². The molecule has 0 aromatic heterocycles. The number of rotatable bonds is 2. The van der Waals surface area contributed by atoms with Crippen molar-refractivity contribution in [2.75, 3.05) is 18.6 Å². The maximum Gasteiger partial charge on any atom is 0.146 e. The number of ether oxygens (including phenoxy) is 1. The molecule has 18 heavy (non-hydrogen) atoms. The van der Waals surface area contributed by atoms with Gasteiger partial charge in [0.1, 0.15) is 5.75 Å². The second-order valence-corrected chi connectivity index (χ2v) is 6.43. The summed E-state index contributed by atoms with van der Waals surface area (Å²) < 4.78 is 5.63. The van der Waals surface area contributed by atoms with Gasteiger partial charge in [0.25, 0.3) is 0 Å². The minimum Gasteiger partial charge on any atom is -0.494 e. The van der Waals surface area contributed by atoms with Crippen LogP contribution < -0.4 is 4.74 Å². The fourth-order valence-electron chi connectivity index (χ4n) is 2.62. The summed E-state index contributed by atoms with van der Waals surface area (Å²) in [6.45, 7) is 0. The second kappa shape index (κ2) is 4.91. The monoisotopic (exact) mass is 275 g/mol. The van der Waals surface area contributed by atoms with Gasteiger partial charge < -0.3 is 4.74 Å². The van der Waals surface area contributed by atoms with Gasteiger partial charge in [0.05, 0.1) is 23.0 Å². The van der Waals surface area contributed by atoms with Crippen LogP contribution in [0.15, 0.2) is 15.9 Å². The van der Waals surface area contributed by atoms with Crippen LogP contribution in [0.5, 0.6) is 5.75 Å². The highest BCUT2D eigenvalue weighted by Gasteiger charge is 2.29. The summed E-state index contributed by atoms with van der Waals surface area (Å²) in [6.07, 6.45) is 5.74. The van der Waals surface area contributed by atoms with Crippen LogP contribution in [0, 0.1) is 11.3 Å². The van der Waals surface area contributed by atoms with Crippen molar-refractivity contribution in [3.63, 3.8) is 0 Å². The Bertz CT molecular complexity index is 537. The van der Waals surface area contributed by atoms with Gasteiger partial charge in [-0.15, -0.1) is 23.5 Å². The number of methoxy groups -OCH3 is 1. The van der Waals surface area contributed by atoms with E-state index in [4.69, 9.17) is 10.00 Å². The van der Waals surface area contributed by atoms with E-state index in [1.54, 1.807) is 13.2 Å². The lowest BCUT2D eigenvalue weighted by Gasteiger charge is -2.15. The fourth-order valence-corrected chi connectivity index (χ4v) is 5.11. The molecule has 1 aromatic carbocycles. The molecule has 2 nitrogen and oxygen atoms in total. The molecule has 0 atom stereocenters. The first kappa shape index (κ1) is 12.0. The summed E-state index contributed by atoms with van der Waals surface area (Å²) >= 11 is 3.76. The Kier molecular flexibility index (Phi) is 3.27. The first-order valence-electron chi connectivity index (χ1n) is 5.94. The Morgan fingerprint density at radius 2 is 1.78 bits per heavy atom. The quantitative estimate of drug-likeness (QED) is 0.773. The molecular weight excluding hydrogens is 262 g/mol. The molecular formula is C14H13NOS2. The summed E-state index contributed by atoms with van der Waals surface area (Å²) in [5.41, 5.74) is 4.03. The molecule has 2 heterocycles. The number of fused-ring (bicyclic) bond motifs is 2. The van der Waals surface area contributed by atoms with Crippen molar-refractivity contribution >= 4 is 29.6 Å². The van der Waals surface area contributed by atoms with Crippen molar-refractivity contribution in [2.45, 2.75) is 22.6 Å². The molecule has 0 fully saturated rings. The van der Waals surface area contributed by atoms with Gasteiger partial charge in [0, 0.05) is 17.6 Å². The molecule has 92 valence electrons. The van der Waals surface area contributed by atoms with E-state index in [9.17, 15) is 0 Å². The predicted octanol–water partition coefficient (Wildman–Crippen LogP) is 3.53. The van der Waals surface area contributed by atoms with Crippen LogP contribution in [0.3, 0.4) is 0 Å². The number of allylic oxidation sites excluding steroid dienone is 1. The average molecular weight is 275 g/mol. The van der Waals surface area contributed by atoms with Crippen LogP contribution in [0.1, 0.15) is 16.7 Å². The van der Waals surface area contributed by atoms with E-state index in [0.29, 0.717) is 0 Å². The van der Waals surface area contributed by atoms with Crippen LogP contribution >= 0.6 is 23.5 Å². The van der Waals surface area contributed by atoms with Gasteiger partial charge in [-0.25, -0.2) is 0 Å². The van der Waals surface area contributed by atoms with Gasteiger partial charge in [-0.2, -0.15) is 5.26 Å². The first-order chi connectivity index (χ1) is 8.86. The van der Waals surface area contributed by atoms with E-state index in [-0.39, 0.29) is 0 Å². The molecule has 4 heteroatoms. The number of hydrogen-bond donors (Lipinski definition) is 0. The highest BCUT2D eigenvalue weighted by atomic mass is 32.2. The van der Waals surface area contributed by atoms with Crippen LogP contribution in [-0.4, -0.2) is 18.6 Å². The molecule has 3 rings (SSSR count). The Morgan fingerprint density at radius 3 is 2.28 bits per heavy atom. The van der Waals surface area contributed by atoms with Crippen molar-refractivity contribution in [3.8, 4) is 11.8 Å². The lowest BCUT2D eigenvalue weighted by atomic mass is 9.96. The molecule has 0 aliphatic carbocycles. The van der Waals surface area contributed by atoms with Gasteiger partial charge in [0.15, 0.2) is 0 Å².